The number of nitrogens with zero attached hydrogens (tertiary/aromatic N) is 2. The van der Waals surface area contributed by atoms with Gasteiger partial charge in [0.15, 0.2) is 0 Å². The van der Waals surface area contributed by atoms with Gasteiger partial charge in [-0.1, -0.05) is 0 Å². The van der Waals surface area contributed by atoms with E-state index < -0.39 is 30.2 Å². The van der Waals surface area contributed by atoms with Crippen molar-refractivity contribution in [2.45, 2.75) is 19.4 Å². The number of carbonyl (C=O) groups is 1. The summed E-state index contributed by atoms with van der Waals surface area (Å²) in [6.45, 7) is -0.184. The van der Waals surface area contributed by atoms with Crippen LogP contribution in [-0.4, -0.2) is 20.9 Å². The van der Waals surface area contributed by atoms with Crippen LogP contribution in [0, 0.1) is 0 Å². The molecule has 2 heterocycles. The minimum Gasteiger partial charge on any atom is -0.477 e. The fraction of sp³-hybridized carbons (Fsp3) is 0.273. The fourth-order valence-corrected chi connectivity index (χ4v) is 2.35. The Kier molecular flexibility index (Phi) is 4.07. The van der Waals surface area contributed by atoms with Crippen molar-refractivity contribution in [3.8, 4) is 0 Å². The van der Waals surface area contributed by atoms with Gasteiger partial charge in [-0.15, -0.1) is 11.3 Å². The number of thiophene rings is 1. The van der Waals surface area contributed by atoms with E-state index in [1.807, 2.05) is 0 Å². The van der Waals surface area contributed by atoms with Gasteiger partial charge in [0.1, 0.15) is 16.3 Å². The van der Waals surface area contributed by atoms with Crippen LogP contribution in [0.2, 0.25) is 0 Å². The number of aromatic carboxylic acids is 1. The summed E-state index contributed by atoms with van der Waals surface area (Å²) in [5, 5.41) is 13.6. The van der Waals surface area contributed by atoms with E-state index >= 15 is 0 Å². The number of rotatable bonds is 5. The van der Waals surface area contributed by atoms with Crippen molar-refractivity contribution < 1.29 is 27.5 Å². The molecular weight excluding hydrogens is 300 g/mol. The van der Waals surface area contributed by atoms with Crippen LogP contribution in [-0.2, 0) is 6.54 Å². The first kappa shape index (κ1) is 14.5. The Morgan fingerprint density at radius 2 is 2.00 bits per heavy atom. The molecule has 0 aliphatic carbocycles. The first-order chi connectivity index (χ1) is 9.38. The maximum atomic E-state index is 12.7. The van der Waals surface area contributed by atoms with E-state index in [2.05, 4.69) is 5.10 Å². The number of halogens is 4. The van der Waals surface area contributed by atoms with E-state index in [9.17, 15) is 22.4 Å². The monoisotopic (exact) mass is 308 g/mol. The van der Waals surface area contributed by atoms with Crippen molar-refractivity contribution in [1.29, 1.82) is 0 Å². The summed E-state index contributed by atoms with van der Waals surface area (Å²) < 4.78 is 51.2. The molecule has 0 amide bonds. The average Bonchev–Trinajstić information content (AvgIpc) is 2.96. The molecule has 20 heavy (non-hydrogen) atoms. The van der Waals surface area contributed by atoms with Crippen molar-refractivity contribution in [1.82, 2.24) is 9.78 Å². The minimum atomic E-state index is -2.94. The molecule has 0 unspecified atom stereocenters. The molecule has 2 aromatic rings. The number of alkyl halides is 4. The molecular formula is C11H8F4N2O2S. The molecule has 0 saturated carbocycles. The normalized spacial score (nSPS) is 11.5. The molecule has 0 atom stereocenters. The zero-order valence-electron chi connectivity index (χ0n) is 9.76. The molecule has 0 radical (unpaired) electrons. The van der Waals surface area contributed by atoms with Gasteiger partial charge >= 0.3 is 5.97 Å². The zero-order chi connectivity index (χ0) is 14.9. The van der Waals surface area contributed by atoms with Crippen molar-refractivity contribution in [3.05, 3.63) is 39.3 Å². The second-order valence-corrected chi connectivity index (χ2v) is 4.79. The lowest BCUT2D eigenvalue weighted by Gasteiger charge is -2.04. The lowest BCUT2D eigenvalue weighted by atomic mass is 10.3. The standard InChI is InChI=1S/C11H8F4N2O2S/c12-9(13)6-2-7(10(14)15)17(16-6)3-5-1-8(11(18)19)20-4-5/h1-2,4,9-10H,3H2,(H,18,19). The first-order valence-electron chi connectivity index (χ1n) is 5.33. The van der Waals surface area contributed by atoms with Crippen molar-refractivity contribution in [3.63, 3.8) is 0 Å². The first-order valence-corrected chi connectivity index (χ1v) is 6.21. The van der Waals surface area contributed by atoms with Crippen molar-refractivity contribution >= 4 is 17.3 Å². The molecule has 0 aromatic carbocycles. The quantitative estimate of drug-likeness (QED) is 0.859. The lowest BCUT2D eigenvalue weighted by Crippen LogP contribution is -2.06. The molecule has 0 spiro atoms. The average molecular weight is 308 g/mol. The summed E-state index contributed by atoms with van der Waals surface area (Å²) >= 11 is 0.928. The highest BCUT2D eigenvalue weighted by molar-refractivity contribution is 7.12. The highest BCUT2D eigenvalue weighted by Crippen LogP contribution is 2.26. The molecule has 2 rings (SSSR count). The van der Waals surface area contributed by atoms with Gasteiger partial charge in [-0.05, 0) is 23.1 Å². The Morgan fingerprint density at radius 3 is 2.50 bits per heavy atom. The largest absolute Gasteiger partial charge is 0.477 e. The van der Waals surface area contributed by atoms with Gasteiger partial charge < -0.3 is 5.11 Å². The summed E-state index contributed by atoms with van der Waals surface area (Å²) in [5.41, 5.74) is -0.935. The van der Waals surface area contributed by atoms with Gasteiger partial charge in [0, 0.05) is 0 Å². The summed E-state index contributed by atoms with van der Waals surface area (Å²) in [6.07, 6.45) is -5.88. The molecule has 1 N–H and O–H groups in total. The highest BCUT2D eigenvalue weighted by Gasteiger charge is 2.21. The topological polar surface area (TPSA) is 55.1 Å². The number of carboxylic acids is 1. The Balaban J connectivity index is 2.29. The molecule has 0 aliphatic rings. The van der Waals surface area contributed by atoms with E-state index in [-0.39, 0.29) is 11.4 Å². The fourth-order valence-electron chi connectivity index (χ4n) is 1.60. The van der Waals surface area contributed by atoms with Crippen LogP contribution in [0.15, 0.2) is 17.5 Å². The molecule has 0 aliphatic heterocycles. The molecule has 0 fully saturated rings. The van der Waals surface area contributed by atoms with Crippen molar-refractivity contribution in [2.24, 2.45) is 0 Å². The van der Waals surface area contributed by atoms with Crippen LogP contribution in [0.3, 0.4) is 0 Å². The maximum absolute atomic E-state index is 12.7. The Hall–Kier alpha value is -1.90. The molecule has 0 saturated heterocycles. The van der Waals surface area contributed by atoms with Crippen LogP contribution in [0.25, 0.3) is 0 Å². The smallest absolute Gasteiger partial charge is 0.345 e. The highest BCUT2D eigenvalue weighted by atomic mass is 32.1. The Morgan fingerprint density at radius 1 is 1.30 bits per heavy atom. The van der Waals surface area contributed by atoms with Gasteiger partial charge in [0.05, 0.1) is 6.54 Å². The molecule has 4 nitrogen and oxygen atoms in total. The Labute approximate surface area is 114 Å². The van der Waals surface area contributed by atoms with E-state index in [4.69, 9.17) is 5.11 Å². The summed E-state index contributed by atoms with van der Waals surface area (Å²) in [4.78, 5) is 10.7. The SMILES string of the molecule is O=C(O)c1cc(Cn2nc(C(F)F)cc2C(F)F)cs1. The number of aromatic nitrogens is 2. The van der Waals surface area contributed by atoms with Crippen LogP contribution in [0.5, 0.6) is 0 Å². The molecule has 2 aromatic heterocycles. The van der Waals surface area contributed by atoms with Gasteiger partial charge in [-0.25, -0.2) is 22.4 Å². The van der Waals surface area contributed by atoms with Gasteiger partial charge in [-0.3, -0.25) is 4.68 Å². The second-order valence-electron chi connectivity index (χ2n) is 3.88. The van der Waals surface area contributed by atoms with Gasteiger partial charge in [0.2, 0.25) is 0 Å². The third-order valence-corrected chi connectivity index (χ3v) is 3.44. The van der Waals surface area contributed by atoms with Crippen LogP contribution in [0.4, 0.5) is 17.6 Å². The lowest BCUT2D eigenvalue weighted by molar-refractivity contribution is 0.0702. The van der Waals surface area contributed by atoms with Crippen LogP contribution >= 0.6 is 11.3 Å². The number of hydrogen-bond donors (Lipinski definition) is 1. The summed E-state index contributed by atoms with van der Waals surface area (Å²) in [7, 11) is 0. The zero-order valence-corrected chi connectivity index (χ0v) is 10.6. The van der Waals surface area contributed by atoms with Gasteiger partial charge in [0.25, 0.3) is 12.9 Å². The predicted octanol–water partition coefficient (Wildman–Crippen LogP) is 3.57. The predicted molar refractivity (Wildman–Crippen MR) is 62.5 cm³/mol. The third-order valence-electron chi connectivity index (χ3n) is 2.47. The van der Waals surface area contributed by atoms with Crippen LogP contribution in [0.1, 0.15) is 39.5 Å². The maximum Gasteiger partial charge on any atom is 0.345 e. The second kappa shape index (κ2) is 5.61. The number of hydrogen-bond acceptors (Lipinski definition) is 3. The molecule has 9 heteroatoms. The van der Waals surface area contributed by atoms with Crippen LogP contribution < -0.4 is 0 Å². The van der Waals surface area contributed by atoms with E-state index in [0.29, 0.717) is 11.6 Å². The van der Waals surface area contributed by atoms with E-state index in [0.717, 1.165) is 16.0 Å². The molecule has 0 bridgehead atoms. The minimum absolute atomic E-state index is 0.0415. The third kappa shape index (κ3) is 2.98. The van der Waals surface area contributed by atoms with Gasteiger partial charge in [-0.2, -0.15) is 5.10 Å². The Bertz CT molecular complexity index is 624. The molecule has 108 valence electrons. The summed E-state index contributed by atoms with van der Waals surface area (Å²) in [6, 6.07) is 1.95. The number of carboxylic acid groups (broad SMARTS) is 1. The van der Waals surface area contributed by atoms with E-state index in [1.165, 1.54) is 11.4 Å². The van der Waals surface area contributed by atoms with E-state index in [1.54, 1.807) is 0 Å². The van der Waals surface area contributed by atoms with Crippen molar-refractivity contribution in [2.75, 3.05) is 0 Å². The summed E-state index contributed by atoms with van der Waals surface area (Å²) in [5.74, 6) is -1.14.